The minimum atomic E-state index is -0.710. The Morgan fingerprint density at radius 3 is 2.36 bits per heavy atom. The summed E-state index contributed by atoms with van der Waals surface area (Å²) in [6, 6.07) is 7.91. The van der Waals surface area contributed by atoms with Gasteiger partial charge in [0, 0.05) is 56.6 Å². The molecule has 0 saturated heterocycles. The van der Waals surface area contributed by atoms with Crippen molar-refractivity contribution in [2.45, 2.75) is 27.7 Å². The molecule has 0 atom stereocenters. The molecular formula is C21H25Cl2N6O3Y-. The molecule has 0 aliphatic heterocycles. The monoisotopic (exact) mass is 568 g/mol. The molecule has 0 fully saturated rings. The van der Waals surface area contributed by atoms with Crippen LogP contribution in [0.1, 0.15) is 46.0 Å². The van der Waals surface area contributed by atoms with Gasteiger partial charge in [0.25, 0.3) is 5.91 Å². The smallest absolute Gasteiger partial charge is 0.274 e. The van der Waals surface area contributed by atoms with E-state index in [1.165, 1.54) is 10.7 Å². The summed E-state index contributed by atoms with van der Waals surface area (Å²) in [7, 11) is 1.00. The van der Waals surface area contributed by atoms with E-state index in [1.807, 2.05) is 13.8 Å². The Morgan fingerprint density at radius 1 is 1.15 bits per heavy atom. The number of aliphatic hydroxyl groups excluding tert-OH is 1. The van der Waals surface area contributed by atoms with E-state index in [0.717, 1.165) is 7.11 Å². The normalized spacial score (nSPS) is 9.36. The number of hydrogen-bond acceptors (Lipinski definition) is 6. The van der Waals surface area contributed by atoms with Crippen LogP contribution >= 0.6 is 23.2 Å². The number of pyridine rings is 1. The van der Waals surface area contributed by atoms with Crippen LogP contribution in [0.2, 0.25) is 10.0 Å². The Kier molecular flexibility index (Phi) is 14.2. The van der Waals surface area contributed by atoms with Crippen LogP contribution in [0.15, 0.2) is 36.5 Å². The van der Waals surface area contributed by atoms with Gasteiger partial charge in [-0.15, -0.1) is 0 Å². The van der Waals surface area contributed by atoms with Crippen molar-refractivity contribution >= 4 is 40.7 Å². The molecule has 4 N–H and O–H groups in total. The zero-order valence-electron chi connectivity index (χ0n) is 18.9. The van der Waals surface area contributed by atoms with Gasteiger partial charge in [0.2, 0.25) is 0 Å². The summed E-state index contributed by atoms with van der Waals surface area (Å²) in [5.74, 6) is 4.20. The molecule has 0 aliphatic carbocycles. The predicted octanol–water partition coefficient (Wildman–Crippen LogP) is 4.46. The maximum Gasteiger partial charge on any atom is 0.274 e. The molecule has 9 nitrogen and oxygen atoms in total. The van der Waals surface area contributed by atoms with E-state index in [9.17, 15) is 9.59 Å². The van der Waals surface area contributed by atoms with E-state index in [4.69, 9.17) is 34.2 Å². The van der Waals surface area contributed by atoms with Crippen molar-refractivity contribution in [2.24, 2.45) is 5.84 Å². The minimum absolute atomic E-state index is 0. The molecule has 2 aromatic heterocycles. The first-order chi connectivity index (χ1) is 15.3. The van der Waals surface area contributed by atoms with Crippen molar-refractivity contribution in [1.29, 1.82) is 0 Å². The maximum absolute atomic E-state index is 13.0. The number of nitrogens with zero attached hydrogens (tertiary/aromatic N) is 4. The number of aromatic nitrogens is 3. The number of benzene rings is 1. The van der Waals surface area contributed by atoms with Crippen LogP contribution in [-0.2, 0) is 32.7 Å². The molecule has 3 rings (SSSR count). The number of rotatable bonds is 4. The van der Waals surface area contributed by atoms with E-state index in [2.05, 4.69) is 20.8 Å². The standard InChI is InChI=1S/C18H16Cl2N6O2.C2H6.CH4O.Y/c1-9-6-11(19)8-12(17(27)24-21)15(9)23-18(28)14-7-10(2)25-26(14)16-13(20)4-3-5-22-16;2*1-2;/h3-8H,1-2H3,(H4,21,23,24,25,27,28);1-2H3;2H,1H3;/p-1. The van der Waals surface area contributed by atoms with Gasteiger partial charge in [-0.25, -0.2) is 9.67 Å². The van der Waals surface area contributed by atoms with Crippen molar-refractivity contribution in [1.82, 2.24) is 14.8 Å². The molecule has 2 amide bonds. The number of aliphatic hydroxyl groups is 1. The van der Waals surface area contributed by atoms with Crippen molar-refractivity contribution in [3.8, 4) is 5.82 Å². The summed E-state index contributed by atoms with van der Waals surface area (Å²) in [6.45, 7) is 7.44. The quantitative estimate of drug-likeness (QED) is 0.241. The van der Waals surface area contributed by atoms with Crippen LogP contribution in [0.3, 0.4) is 0 Å². The fraction of sp³-hybridized carbons (Fsp3) is 0.238. The number of nitrogens with two attached hydrogens (primary N) is 1. The van der Waals surface area contributed by atoms with Gasteiger partial charge < -0.3 is 26.5 Å². The van der Waals surface area contributed by atoms with Crippen LogP contribution in [0, 0.1) is 13.8 Å². The number of carbonyl (C=O) groups is 2. The van der Waals surface area contributed by atoms with Crippen LogP contribution in [0.5, 0.6) is 0 Å². The maximum atomic E-state index is 13.0. The molecule has 2 heterocycles. The Bertz CT molecular complexity index is 1090. The molecule has 0 spiro atoms. The number of halogens is 2. The molecule has 0 aliphatic rings. The molecule has 175 valence electrons. The SMILES string of the molecule is CC.CO.Cc1cc(C(=O)Nc2c(C)cc(Cl)cc2C(=O)[N-]N)n(-c2ncccc2Cl)n1.[Y]. The summed E-state index contributed by atoms with van der Waals surface area (Å²) in [6.07, 6.45) is 1.54. The van der Waals surface area contributed by atoms with Crippen molar-refractivity contribution in [2.75, 3.05) is 12.4 Å². The number of hydrogen-bond donors (Lipinski definition) is 3. The molecule has 0 bridgehead atoms. The van der Waals surface area contributed by atoms with E-state index < -0.39 is 11.8 Å². The van der Waals surface area contributed by atoms with Crippen molar-refractivity contribution in [3.63, 3.8) is 0 Å². The van der Waals surface area contributed by atoms with Gasteiger partial charge in [-0.2, -0.15) is 5.10 Å². The van der Waals surface area contributed by atoms with Gasteiger partial charge in [0.1, 0.15) is 5.69 Å². The second kappa shape index (κ2) is 15.1. The third kappa shape index (κ3) is 7.84. The second-order valence-electron chi connectivity index (χ2n) is 5.93. The molecule has 1 aromatic carbocycles. The van der Waals surface area contributed by atoms with Gasteiger partial charge in [-0.05, 0) is 49.7 Å². The van der Waals surface area contributed by atoms with E-state index in [0.29, 0.717) is 27.1 Å². The van der Waals surface area contributed by atoms with Gasteiger partial charge in [0.05, 0.1) is 22.3 Å². The molecule has 1 radical (unpaired) electrons. The number of nitrogens with one attached hydrogen (secondary N) is 1. The summed E-state index contributed by atoms with van der Waals surface area (Å²) < 4.78 is 1.34. The largest absolute Gasteiger partial charge is 0.590 e. The topological polar surface area (TPSA) is 137 Å². The number of aryl methyl sites for hydroxylation is 2. The summed E-state index contributed by atoms with van der Waals surface area (Å²) in [5.41, 5.74) is 4.86. The summed E-state index contributed by atoms with van der Waals surface area (Å²) in [5, 5.41) is 14.7. The first kappa shape index (κ1) is 31.1. The van der Waals surface area contributed by atoms with Gasteiger partial charge in [0.15, 0.2) is 5.82 Å². The predicted molar refractivity (Wildman–Crippen MR) is 127 cm³/mol. The van der Waals surface area contributed by atoms with Crippen LogP contribution < -0.4 is 11.2 Å². The second-order valence-corrected chi connectivity index (χ2v) is 6.77. The Hall–Kier alpha value is -1.88. The van der Waals surface area contributed by atoms with E-state index in [1.54, 1.807) is 44.3 Å². The first-order valence-electron chi connectivity index (χ1n) is 9.51. The van der Waals surface area contributed by atoms with Gasteiger partial charge in [-0.3, -0.25) is 4.79 Å². The fourth-order valence-electron chi connectivity index (χ4n) is 2.68. The zero-order valence-corrected chi connectivity index (χ0v) is 23.3. The Labute approximate surface area is 227 Å². The molecular weight excluding hydrogens is 544 g/mol. The first-order valence-corrected chi connectivity index (χ1v) is 10.3. The molecule has 33 heavy (non-hydrogen) atoms. The Morgan fingerprint density at radius 2 is 1.79 bits per heavy atom. The molecule has 0 unspecified atom stereocenters. The Balaban J connectivity index is 0.00000194. The third-order valence-electron chi connectivity index (χ3n) is 3.89. The minimum Gasteiger partial charge on any atom is -0.590 e. The average Bonchev–Trinajstić information content (AvgIpc) is 3.19. The average molecular weight is 569 g/mol. The fourth-order valence-corrected chi connectivity index (χ4v) is 3.16. The van der Waals surface area contributed by atoms with E-state index >= 15 is 0 Å². The molecule has 3 aromatic rings. The summed E-state index contributed by atoms with van der Waals surface area (Å²) in [4.78, 5) is 29.2. The molecule has 0 saturated carbocycles. The van der Waals surface area contributed by atoms with Gasteiger partial charge >= 0.3 is 0 Å². The number of anilines is 1. The van der Waals surface area contributed by atoms with Gasteiger partial charge in [-0.1, -0.05) is 37.0 Å². The van der Waals surface area contributed by atoms with Crippen molar-refractivity contribution < 1.29 is 47.4 Å². The van der Waals surface area contributed by atoms with Crippen LogP contribution in [-0.4, -0.2) is 38.8 Å². The third-order valence-corrected chi connectivity index (χ3v) is 4.40. The van der Waals surface area contributed by atoms with Crippen molar-refractivity contribution in [3.05, 3.63) is 74.5 Å². The van der Waals surface area contributed by atoms with E-state index in [-0.39, 0.29) is 49.7 Å². The van der Waals surface area contributed by atoms with Crippen LogP contribution in [0.4, 0.5) is 5.69 Å². The number of carbonyl (C=O) groups excluding carboxylic acids is 2. The molecule has 12 heteroatoms. The van der Waals surface area contributed by atoms with Crippen LogP contribution in [0.25, 0.3) is 11.2 Å². The number of amides is 2. The summed E-state index contributed by atoms with van der Waals surface area (Å²) >= 11 is 12.2. The zero-order chi connectivity index (χ0) is 24.4.